The van der Waals surface area contributed by atoms with Crippen molar-refractivity contribution in [2.45, 2.75) is 39.5 Å². The molecule has 1 heterocycles. The summed E-state index contributed by atoms with van der Waals surface area (Å²) >= 11 is 0. The number of carbonyl (C=O) groups excluding carboxylic acids is 1. The fraction of sp³-hybridized carbons (Fsp3) is 0.636. The van der Waals surface area contributed by atoms with E-state index in [9.17, 15) is 9.59 Å². The maximum Gasteiger partial charge on any atom is 0.328 e. The van der Waals surface area contributed by atoms with Crippen LogP contribution in [0.1, 0.15) is 39.5 Å². The van der Waals surface area contributed by atoms with Gasteiger partial charge in [0.1, 0.15) is 0 Å². The first-order valence-corrected chi connectivity index (χ1v) is 5.06. The van der Waals surface area contributed by atoms with Crippen LogP contribution in [0.25, 0.3) is 0 Å². The number of carboxylic acids is 1. The molecule has 1 aliphatic rings. The van der Waals surface area contributed by atoms with Gasteiger partial charge in [0, 0.05) is 12.5 Å². The topological polar surface area (TPSA) is 63.6 Å². The van der Waals surface area contributed by atoms with E-state index in [2.05, 4.69) is 0 Å². The Morgan fingerprint density at radius 3 is 2.47 bits per heavy atom. The highest BCUT2D eigenvalue weighted by Gasteiger charge is 2.05. The molecule has 1 N–H and O–H groups in total. The monoisotopic (exact) mass is 214 g/mol. The summed E-state index contributed by atoms with van der Waals surface area (Å²) in [5, 5.41) is 8.01. The summed E-state index contributed by atoms with van der Waals surface area (Å²) < 4.78 is 4.76. The quantitative estimate of drug-likeness (QED) is 0.536. The molecule has 0 bridgehead atoms. The van der Waals surface area contributed by atoms with Gasteiger partial charge in [-0.05, 0) is 33.1 Å². The Balaban J connectivity index is 0.000000265. The molecule has 0 atom stereocenters. The van der Waals surface area contributed by atoms with Crippen molar-refractivity contribution in [1.82, 2.24) is 0 Å². The van der Waals surface area contributed by atoms with Gasteiger partial charge in [-0.3, -0.25) is 4.79 Å². The molecule has 15 heavy (non-hydrogen) atoms. The number of carboxylic acid groups (broad SMARTS) is 1. The third-order valence-electron chi connectivity index (χ3n) is 1.70. The Labute approximate surface area is 89.9 Å². The Hall–Kier alpha value is -1.32. The number of carbonyl (C=O) groups is 2. The minimum Gasteiger partial charge on any atom is -0.478 e. The van der Waals surface area contributed by atoms with Crippen molar-refractivity contribution in [2.75, 3.05) is 6.61 Å². The molecule has 4 heteroatoms. The Kier molecular flexibility index (Phi) is 7.32. The summed E-state index contributed by atoms with van der Waals surface area (Å²) in [7, 11) is 0. The van der Waals surface area contributed by atoms with Gasteiger partial charge < -0.3 is 9.84 Å². The van der Waals surface area contributed by atoms with Crippen LogP contribution >= 0.6 is 0 Å². The van der Waals surface area contributed by atoms with Crippen LogP contribution in [0.3, 0.4) is 0 Å². The SMILES string of the molecule is CC(C)=CC(=O)O.O=C1CCCCCO1. The molecular weight excluding hydrogens is 196 g/mol. The maximum atomic E-state index is 10.5. The molecule has 1 rings (SSSR count). The van der Waals surface area contributed by atoms with Crippen molar-refractivity contribution in [3.63, 3.8) is 0 Å². The fourth-order valence-corrected chi connectivity index (χ4v) is 1.05. The third-order valence-corrected chi connectivity index (χ3v) is 1.70. The van der Waals surface area contributed by atoms with Crippen LogP contribution in [0.15, 0.2) is 11.6 Å². The largest absolute Gasteiger partial charge is 0.478 e. The second-order valence-corrected chi connectivity index (χ2v) is 3.59. The van der Waals surface area contributed by atoms with Crippen LogP contribution in [-0.2, 0) is 14.3 Å². The average molecular weight is 214 g/mol. The zero-order valence-electron chi connectivity index (χ0n) is 9.28. The number of ether oxygens (including phenoxy) is 1. The van der Waals surface area contributed by atoms with Gasteiger partial charge in [-0.2, -0.15) is 0 Å². The molecule has 0 aromatic carbocycles. The molecule has 0 radical (unpaired) electrons. The number of allylic oxidation sites excluding steroid dienone is 1. The molecule has 1 saturated heterocycles. The van der Waals surface area contributed by atoms with Crippen molar-refractivity contribution < 1.29 is 19.4 Å². The molecule has 0 aromatic heterocycles. The van der Waals surface area contributed by atoms with Gasteiger partial charge in [0.15, 0.2) is 0 Å². The zero-order valence-corrected chi connectivity index (χ0v) is 9.28. The van der Waals surface area contributed by atoms with E-state index in [1.54, 1.807) is 13.8 Å². The first kappa shape index (κ1) is 13.7. The summed E-state index contributed by atoms with van der Waals surface area (Å²) in [6.07, 6.45) is 5.00. The van der Waals surface area contributed by atoms with E-state index < -0.39 is 5.97 Å². The van der Waals surface area contributed by atoms with Crippen LogP contribution in [0.2, 0.25) is 0 Å². The minimum atomic E-state index is -0.875. The number of esters is 1. The van der Waals surface area contributed by atoms with Gasteiger partial charge in [0.2, 0.25) is 0 Å². The van der Waals surface area contributed by atoms with E-state index >= 15 is 0 Å². The van der Waals surface area contributed by atoms with Gasteiger partial charge >= 0.3 is 11.9 Å². The summed E-state index contributed by atoms with van der Waals surface area (Å²) in [6, 6.07) is 0. The van der Waals surface area contributed by atoms with Crippen LogP contribution in [-0.4, -0.2) is 23.7 Å². The van der Waals surface area contributed by atoms with Gasteiger partial charge in [-0.1, -0.05) is 5.57 Å². The van der Waals surface area contributed by atoms with Crippen LogP contribution in [0.5, 0.6) is 0 Å². The molecule has 0 amide bonds. The fourth-order valence-electron chi connectivity index (χ4n) is 1.05. The van der Waals surface area contributed by atoms with E-state index in [4.69, 9.17) is 9.84 Å². The van der Waals surface area contributed by atoms with Crippen molar-refractivity contribution in [1.29, 1.82) is 0 Å². The number of rotatable bonds is 1. The molecule has 0 aromatic rings. The Bertz CT molecular complexity index is 229. The predicted octanol–water partition coefficient (Wildman–Crippen LogP) is 2.14. The Morgan fingerprint density at radius 1 is 1.33 bits per heavy atom. The van der Waals surface area contributed by atoms with Crippen molar-refractivity contribution in [3.8, 4) is 0 Å². The first-order chi connectivity index (χ1) is 7.02. The number of cyclic esters (lactones) is 1. The molecule has 0 aliphatic carbocycles. The standard InChI is InChI=1S/C6H10O2.C5H8O2/c7-6-4-2-1-3-5-8-6;1-4(2)3-5(6)7/h1-5H2;3H,1-2H3,(H,6,7). The van der Waals surface area contributed by atoms with Gasteiger partial charge in [0.25, 0.3) is 0 Å². The smallest absolute Gasteiger partial charge is 0.328 e. The number of aliphatic carboxylic acids is 1. The third kappa shape index (κ3) is 10.6. The van der Waals surface area contributed by atoms with Crippen molar-refractivity contribution >= 4 is 11.9 Å². The summed E-state index contributed by atoms with van der Waals surface area (Å²) in [6.45, 7) is 4.13. The summed E-state index contributed by atoms with van der Waals surface area (Å²) in [4.78, 5) is 20.2. The Morgan fingerprint density at radius 2 is 2.00 bits per heavy atom. The molecule has 0 spiro atoms. The molecule has 0 unspecified atom stereocenters. The van der Waals surface area contributed by atoms with Crippen LogP contribution < -0.4 is 0 Å². The van der Waals surface area contributed by atoms with E-state index in [0.29, 0.717) is 13.0 Å². The van der Waals surface area contributed by atoms with Crippen LogP contribution in [0.4, 0.5) is 0 Å². The highest BCUT2D eigenvalue weighted by molar-refractivity contribution is 5.80. The van der Waals surface area contributed by atoms with Crippen molar-refractivity contribution in [2.24, 2.45) is 0 Å². The second-order valence-electron chi connectivity index (χ2n) is 3.59. The maximum absolute atomic E-state index is 10.5. The molecule has 1 aliphatic heterocycles. The molecular formula is C11H18O4. The highest BCUT2D eigenvalue weighted by Crippen LogP contribution is 2.06. The lowest BCUT2D eigenvalue weighted by Gasteiger charge is -1.93. The molecule has 86 valence electrons. The lowest BCUT2D eigenvalue weighted by Crippen LogP contribution is -2.00. The van der Waals surface area contributed by atoms with Gasteiger partial charge in [-0.15, -0.1) is 0 Å². The van der Waals surface area contributed by atoms with E-state index in [1.165, 1.54) is 6.08 Å². The normalized spacial score (nSPS) is 15.2. The molecule has 1 fully saturated rings. The van der Waals surface area contributed by atoms with Crippen LogP contribution in [0, 0.1) is 0 Å². The lowest BCUT2D eigenvalue weighted by atomic mass is 10.2. The number of hydrogen-bond acceptors (Lipinski definition) is 3. The molecule has 4 nitrogen and oxygen atoms in total. The van der Waals surface area contributed by atoms with Gasteiger partial charge in [-0.25, -0.2) is 4.79 Å². The highest BCUT2D eigenvalue weighted by atomic mass is 16.5. The summed E-state index contributed by atoms with van der Waals surface area (Å²) in [5.74, 6) is -0.900. The summed E-state index contributed by atoms with van der Waals surface area (Å²) in [5.41, 5.74) is 0.813. The number of hydrogen-bond donors (Lipinski definition) is 1. The predicted molar refractivity (Wildman–Crippen MR) is 56.5 cm³/mol. The lowest BCUT2D eigenvalue weighted by molar-refractivity contribution is -0.142. The second kappa shape index (κ2) is 8.03. The van der Waals surface area contributed by atoms with Crippen molar-refractivity contribution in [3.05, 3.63) is 11.6 Å². The zero-order chi connectivity index (χ0) is 11.7. The first-order valence-electron chi connectivity index (χ1n) is 5.06. The van der Waals surface area contributed by atoms with E-state index in [-0.39, 0.29) is 5.97 Å². The minimum absolute atomic E-state index is 0.0255. The van der Waals surface area contributed by atoms with E-state index in [0.717, 1.165) is 24.8 Å². The van der Waals surface area contributed by atoms with E-state index in [1.807, 2.05) is 0 Å². The van der Waals surface area contributed by atoms with Gasteiger partial charge in [0.05, 0.1) is 6.61 Å². The molecule has 0 saturated carbocycles. The average Bonchev–Trinajstić information content (AvgIpc) is 2.30.